The molecule has 7 heteroatoms. The van der Waals surface area contributed by atoms with E-state index < -0.39 is 0 Å². The molecule has 0 aliphatic carbocycles. The van der Waals surface area contributed by atoms with E-state index in [1.54, 1.807) is 18.2 Å². The Bertz CT molecular complexity index is 878. The molecular formula is C22H27N3O4. The minimum absolute atomic E-state index is 0.0214. The Morgan fingerprint density at radius 2 is 2.21 bits per heavy atom. The lowest BCUT2D eigenvalue weighted by atomic mass is 9.98. The summed E-state index contributed by atoms with van der Waals surface area (Å²) in [4.78, 5) is 32.5. The van der Waals surface area contributed by atoms with Gasteiger partial charge in [-0.25, -0.2) is 4.98 Å². The molecule has 7 nitrogen and oxygen atoms in total. The molecular weight excluding hydrogens is 370 g/mol. The van der Waals surface area contributed by atoms with Crippen LogP contribution in [0.3, 0.4) is 0 Å². The van der Waals surface area contributed by atoms with Gasteiger partial charge in [-0.05, 0) is 37.0 Å². The first-order chi connectivity index (χ1) is 14.1. The minimum Gasteiger partial charge on any atom is -0.497 e. The second-order valence-electron chi connectivity index (χ2n) is 7.79. The number of rotatable bonds is 6. The second kappa shape index (κ2) is 8.68. The molecule has 2 amide bonds. The minimum atomic E-state index is 0.0214. The summed E-state index contributed by atoms with van der Waals surface area (Å²) in [5, 5.41) is 0. The fraction of sp³-hybridized carbons (Fsp3) is 0.500. The highest BCUT2D eigenvalue weighted by atomic mass is 16.5. The lowest BCUT2D eigenvalue weighted by Gasteiger charge is -2.32. The van der Waals surface area contributed by atoms with Crippen LogP contribution >= 0.6 is 0 Å². The maximum atomic E-state index is 12.7. The molecule has 0 saturated carbocycles. The van der Waals surface area contributed by atoms with Gasteiger partial charge in [-0.1, -0.05) is 12.1 Å². The van der Waals surface area contributed by atoms with Gasteiger partial charge in [-0.15, -0.1) is 0 Å². The molecule has 1 atom stereocenters. The number of hydrogen-bond donors (Lipinski definition) is 0. The van der Waals surface area contributed by atoms with Crippen molar-refractivity contribution in [2.75, 3.05) is 33.3 Å². The van der Waals surface area contributed by atoms with Gasteiger partial charge in [-0.2, -0.15) is 0 Å². The first-order valence-corrected chi connectivity index (χ1v) is 10.3. The molecule has 1 aromatic heterocycles. The number of benzene rings is 1. The quantitative estimate of drug-likeness (QED) is 0.749. The number of hydrogen-bond acceptors (Lipinski definition) is 5. The Morgan fingerprint density at radius 1 is 1.31 bits per heavy atom. The van der Waals surface area contributed by atoms with Gasteiger partial charge in [0.1, 0.15) is 11.5 Å². The SMILES string of the molecule is COc1cccc(Cc2cnc([C@H]3CCCN(C(=O)CN4CCCC4=O)C3)o2)c1. The van der Waals surface area contributed by atoms with Crippen molar-refractivity contribution in [3.63, 3.8) is 0 Å². The molecule has 0 unspecified atom stereocenters. The van der Waals surface area contributed by atoms with Gasteiger partial charge >= 0.3 is 0 Å². The number of carbonyl (C=O) groups excluding carboxylic acids is 2. The van der Waals surface area contributed by atoms with Crippen LogP contribution in [0, 0.1) is 0 Å². The van der Waals surface area contributed by atoms with E-state index in [9.17, 15) is 9.59 Å². The zero-order valence-electron chi connectivity index (χ0n) is 16.8. The third-order valence-corrected chi connectivity index (χ3v) is 5.70. The molecule has 2 saturated heterocycles. The number of oxazole rings is 1. The van der Waals surface area contributed by atoms with Gasteiger partial charge in [0, 0.05) is 32.5 Å². The van der Waals surface area contributed by atoms with E-state index in [2.05, 4.69) is 4.98 Å². The summed E-state index contributed by atoms with van der Waals surface area (Å²) in [6.07, 6.45) is 5.70. The van der Waals surface area contributed by atoms with Crippen LogP contribution in [0.5, 0.6) is 5.75 Å². The average molecular weight is 397 g/mol. The van der Waals surface area contributed by atoms with Crippen molar-refractivity contribution in [3.8, 4) is 5.75 Å². The monoisotopic (exact) mass is 397 g/mol. The van der Waals surface area contributed by atoms with Crippen molar-refractivity contribution in [3.05, 3.63) is 47.7 Å². The molecule has 2 fully saturated rings. The summed E-state index contributed by atoms with van der Waals surface area (Å²) >= 11 is 0. The predicted molar refractivity (Wildman–Crippen MR) is 107 cm³/mol. The highest BCUT2D eigenvalue weighted by Gasteiger charge is 2.30. The number of amides is 2. The van der Waals surface area contributed by atoms with Crippen molar-refractivity contribution in [1.82, 2.24) is 14.8 Å². The van der Waals surface area contributed by atoms with Crippen LogP contribution in [0.4, 0.5) is 0 Å². The van der Waals surface area contributed by atoms with Crippen molar-refractivity contribution in [1.29, 1.82) is 0 Å². The van der Waals surface area contributed by atoms with Crippen LogP contribution in [-0.2, 0) is 16.0 Å². The van der Waals surface area contributed by atoms with E-state index in [1.165, 1.54) is 0 Å². The highest BCUT2D eigenvalue weighted by molar-refractivity contribution is 5.86. The molecule has 0 spiro atoms. The first-order valence-electron chi connectivity index (χ1n) is 10.3. The summed E-state index contributed by atoms with van der Waals surface area (Å²) in [6, 6.07) is 7.90. The van der Waals surface area contributed by atoms with Gasteiger partial charge in [0.15, 0.2) is 5.89 Å². The molecule has 154 valence electrons. The molecule has 2 aliphatic heterocycles. The van der Waals surface area contributed by atoms with Gasteiger partial charge in [0.25, 0.3) is 0 Å². The number of methoxy groups -OCH3 is 1. The number of nitrogens with zero attached hydrogens (tertiary/aromatic N) is 3. The van der Waals surface area contributed by atoms with Crippen molar-refractivity contribution in [2.45, 2.75) is 38.0 Å². The largest absolute Gasteiger partial charge is 0.497 e. The Labute approximate surface area is 170 Å². The summed E-state index contributed by atoms with van der Waals surface area (Å²) < 4.78 is 11.3. The third kappa shape index (κ3) is 4.60. The first kappa shape index (κ1) is 19.5. The number of carbonyl (C=O) groups is 2. The van der Waals surface area contributed by atoms with Gasteiger partial charge in [0.2, 0.25) is 11.8 Å². The van der Waals surface area contributed by atoms with E-state index in [0.29, 0.717) is 31.8 Å². The van der Waals surface area contributed by atoms with Crippen molar-refractivity contribution >= 4 is 11.8 Å². The maximum absolute atomic E-state index is 12.7. The lowest BCUT2D eigenvalue weighted by molar-refractivity contribution is -0.139. The molecule has 0 bridgehead atoms. The highest BCUT2D eigenvalue weighted by Crippen LogP contribution is 2.28. The molecule has 3 heterocycles. The topological polar surface area (TPSA) is 75.9 Å². The zero-order chi connectivity index (χ0) is 20.2. The average Bonchev–Trinajstić information content (AvgIpc) is 3.37. The van der Waals surface area contributed by atoms with Crippen LogP contribution in [-0.4, -0.2) is 59.9 Å². The van der Waals surface area contributed by atoms with E-state index >= 15 is 0 Å². The van der Waals surface area contributed by atoms with Crippen LogP contribution in [0.25, 0.3) is 0 Å². The predicted octanol–water partition coefficient (Wildman–Crippen LogP) is 2.60. The Morgan fingerprint density at radius 3 is 3.00 bits per heavy atom. The Kier molecular flexibility index (Phi) is 5.83. The van der Waals surface area contributed by atoms with E-state index in [4.69, 9.17) is 9.15 Å². The standard InChI is InChI=1S/C22H27N3O4/c1-28-18-7-2-5-16(11-18)12-19-13-23-22(29-19)17-6-3-9-24(14-17)21(27)15-25-10-4-8-20(25)26/h2,5,7,11,13,17H,3-4,6,8-10,12,14-15H2,1H3/t17-/m0/s1. The third-order valence-electron chi connectivity index (χ3n) is 5.70. The summed E-state index contributed by atoms with van der Waals surface area (Å²) in [5.74, 6) is 2.52. The molecule has 2 aromatic rings. The second-order valence-corrected chi connectivity index (χ2v) is 7.79. The number of aromatic nitrogens is 1. The van der Waals surface area contributed by atoms with E-state index in [1.807, 2.05) is 29.2 Å². The Hall–Kier alpha value is -2.83. The molecule has 2 aliphatic rings. The smallest absolute Gasteiger partial charge is 0.242 e. The number of piperidine rings is 1. The van der Waals surface area contributed by atoms with Crippen LogP contribution in [0.2, 0.25) is 0 Å². The number of likely N-dealkylation sites (tertiary alicyclic amines) is 2. The molecule has 0 N–H and O–H groups in total. The van der Waals surface area contributed by atoms with E-state index in [-0.39, 0.29) is 24.3 Å². The molecule has 1 aromatic carbocycles. The fourth-order valence-corrected chi connectivity index (χ4v) is 4.12. The zero-order valence-corrected chi connectivity index (χ0v) is 16.8. The normalized spacial score (nSPS) is 19.6. The lowest BCUT2D eigenvalue weighted by Crippen LogP contribution is -2.45. The van der Waals surface area contributed by atoms with Gasteiger partial charge < -0.3 is 19.0 Å². The fourth-order valence-electron chi connectivity index (χ4n) is 4.12. The summed E-state index contributed by atoms with van der Waals surface area (Å²) in [6.45, 7) is 2.21. The van der Waals surface area contributed by atoms with Crippen LogP contribution in [0.1, 0.15) is 48.8 Å². The van der Waals surface area contributed by atoms with Crippen molar-refractivity contribution < 1.29 is 18.7 Å². The van der Waals surface area contributed by atoms with Gasteiger partial charge in [0.05, 0.1) is 25.8 Å². The van der Waals surface area contributed by atoms with Crippen LogP contribution in [0.15, 0.2) is 34.9 Å². The maximum Gasteiger partial charge on any atom is 0.242 e. The van der Waals surface area contributed by atoms with Gasteiger partial charge in [-0.3, -0.25) is 9.59 Å². The van der Waals surface area contributed by atoms with E-state index in [0.717, 1.165) is 42.9 Å². The Balaban J connectivity index is 1.37. The summed E-state index contributed by atoms with van der Waals surface area (Å²) in [7, 11) is 1.65. The summed E-state index contributed by atoms with van der Waals surface area (Å²) in [5.41, 5.74) is 1.10. The molecule has 29 heavy (non-hydrogen) atoms. The van der Waals surface area contributed by atoms with Crippen molar-refractivity contribution in [2.24, 2.45) is 0 Å². The molecule has 4 rings (SSSR count). The molecule has 0 radical (unpaired) electrons. The number of ether oxygens (including phenoxy) is 1. The van der Waals surface area contributed by atoms with Crippen LogP contribution < -0.4 is 4.74 Å².